The SMILES string of the molecule is Cc1ccc(C)c(C2=NN(C(=O)CN3CCOCC3)C(c3ccccc3C)C2)c1. The standard InChI is InChI=1S/C24H29N3O2/c1-17-8-9-19(3)21(14-17)22-15-23(20-7-5-4-6-18(20)2)27(25-22)24(28)16-26-10-12-29-13-11-26/h4-9,14,23H,10-13,15-16H2,1-3H3. The van der Waals surface area contributed by atoms with E-state index in [0.717, 1.165) is 30.8 Å². The number of hydrazone groups is 1. The van der Waals surface area contributed by atoms with Crippen LogP contribution in [0.5, 0.6) is 0 Å². The molecule has 0 bridgehead atoms. The van der Waals surface area contributed by atoms with Crippen molar-refractivity contribution >= 4 is 11.6 Å². The maximum absolute atomic E-state index is 13.3. The Morgan fingerprint density at radius 1 is 1.07 bits per heavy atom. The molecule has 152 valence electrons. The van der Waals surface area contributed by atoms with Crippen LogP contribution < -0.4 is 0 Å². The van der Waals surface area contributed by atoms with E-state index in [2.05, 4.69) is 56.0 Å². The maximum Gasteiger partial charge on any atom is 0.257 e. The monoisotopic (exact) mass is 391 g/mol. The molecule has 1 unspecified atom stereocenters. The molecule has 29 heavy (non-hydrogen) atoms. The smallest absolute Gasteiger partial charge is 0.257 e. The minimum atomic E-state index is -0.0559. The van der Waals surface area contributed by atoms with E-state index in [1.807, 2.05) is 12.1 Å². The van der Waals surface area contributed by atoms with Crippen molar-refractivity contribution in [2.75, 3.05) is 32.8 Å². The summed E-state index contributed by atoms with van der Waals surface area (Å²) in [6, 6.07) is 14.7. The predicted molar refractivity (Wildman–Crippen MR) is 115 cm³/mol. The number of aryl methyl sites for hydroxylation is 3. The molecule has 2 aliphatic rings. The third-order valence-corrected chi connectivity index (χ3v) is 5.88. The van der Waals surface area contributed by atoms with Crippen LogP contribution in [0.1, 0.15) is 40.3 Å². The highest BCUT2D eigenvalue weighted by Crippen LogP contribution is 2.35. The number of benzene rings is 2. The lowest BCUT2D eigenvalue weighted by atomic mass is 9.93. The molecule has 2 aliphatic heterocycles. The summed E-state index contributed by atoms with van der Waals surface area (Å²) in [5.74, 6) is 0.0560. The molecule has 2 heterocycles. The van der Waals surface area contributed by atoms with Crippen LogP contribution in [-0.2, 0) is 9.53 Å². The number of ether oxygens (including phenoxy) is 1. The summed E-state index contributed by atoms with van der Waals surface area (Å²) < 4.78 is 5.42. The van der Waals surface area contributed by atoms with Gasteiger partial charge in [0.15, 0.2) is 0 Å². The average molecular weight is 392 g/mol. The highest BCUT2D eigenvalue weighted by Gasteiger charge is 2.34. The Kier molecular flexibility index (Phi) is 5.79. The van der Waals surface area contributed by atoms with Crippen LogP contribution in [0.25, 0.3) is 0 Å². The van der Waals surface area contributed by atoms with E-state index >= 15 is 0 Å². The normalized spacial score (nSPS) is 20.0. The lowest BCUT2D eigenvalue weighted by molar-refractivity contribution is -0.135. The molecule has 0 radical (unpaired) electrons. The van der Waals surface area contributed by atoms with Crippen molar-refractivity contribution in [2.45, 2.75) is 33.2 Å². The molecule has 0 aromatic heterocycles. The number of carbonyl (C=O) groups excluding carboxylic acids is 1. The molecular formula is C24H29N3O2. The molecular weight excluding hydrogens is 362 g/mol. The zero-order chi connectivity index (χ0) is 20.4. The van der Waals surface area contributed by atoms with E-state index in [4.69, 9.17) is 9.84 Å². The van der Waals surface area contributed by atoms with Crippen molar-refractivity contribution < 1.29 is 9.53 Å². The quantitative estimate of drug-likeness (QED) is 0.800. The van der Waals surface area contributed by atoms with Crippen LogP contribution in [0.15, 0.2) is 47.6 Å². The molecule has 0 N–H and O–H groups in total. The maximum atomic E-state index is 13.3. The third-order valence-electron chi connectivity index (χ3n) is 5.88. The summed E-state index contributed by atoms with van der Waals surface area (Å²) in [6.07, 6.45) is 0.740. The van der Waals surface area contributed by atoms with E-state index < -0.39 is 0 Å². The number of carbonyl (C=O) groups is 1. The van der Waals surface area contributed by atoms with Gasteiger partial charge >= 0.3 is 0 Å². The Balaban J connectivity index is 1.66. The summed E-state index contributed by atoms with van der Waals surface area (Å²) in [6.45, 7) is 9.66. The first-order valence-corrected chi connectivity index (χ1v) is 10.4. The van der Waals surface area contributed by atoms with E-state index in [9.17, 15) is 4.79 Å². The van der Waals surface area contributed by atoms with Gasteiger partial charge in [0.25, 0.3) is 5.91 Å². The number of rotatable bonds is 4. The van der Waals surface area contributed by atoms with Crippen LogP contribution in [0.4, 0.5) is 0 Å². The Labute approximate surface area is 173 Å². The first-order chi connectivity index (χ1) is 14.0. The molecule has 1 amide bonds. The molecule has 4 rings (SSSR count). The summed E-state index contributed by atoms with van der Waals surface area (Å²) in [7, 11) is 0. The zero-order valence-corrected chi connectivity index (χ0v) is 17.5. The summed E-state index contributed by atoms with van der Waals surface area (Å²) in [4.78, 5) is 15.4. The zero-order valence-electron chi connectivity index (χ0n) is 17.5. The molecule has 0 aliphatic carbocycles. The highest BCUT2D eigenvalue weighted by molar-refractivity contribution is 6.04. The van der Waals surface area contributed by atoms with E-state index in [-0.39, 0.29) is 11.9 Å². The first kappa shape index (κ1) is 19.8. The Hall–Kier alpha value is -2.50. The number of nitrogens with zero attached hydrogens (tertiary/aromatic N) is 3. The topological polar surface area (TPSA) is 45.1 Å². The molecule has 1 saturated heterocycles. The second-order valence-corrected chi connectivity index (χ2v) is 8.07. The van der Waals surface area contributed by atoms with Gasteiger partial charge in [-0.3, -0.25) is 9.69 Å². The van der Waals surface area contributed by atoms with Gasteiger partial charge in [-0.25, -0.2) is 5.01 Å². The van der Waals surface area contributed by atoms with E-state index in [1.165, 1.54) is 22.3 Å². The summed E-state index contributed by atoms with van der Waals surface area (Å²) >= 11 is 0. The van der Waals surface area contributed by atoms with Gasteiger partial charge in [-0.1, -0.05) is 42.0 Å². The van der Waals surface area contributed by atoms with Crippen LogP contribution in [-0.4, -0.2) is 54.4 Å². The van der Waals surface area contributed by atoms with E-state index in [1.54, 1.807) is 5.01 Å². The second-order valence-electron chi connectivity index (χ2n) is 8.07. The van der Waals surface area contributed by atoms with E-state index in [0.29, 0.717) is 19.8 Å². The minimum absolute atomic E-state index is 0.0559. The van der Waals surface area contributed by atoms with Gasteiger partial charge in [0.05, 0.1) is 31.5 Å². The third kappa shape index (κ3) is 4.26. The van der Waals surface area contributed by atoms with Crippen molar-refractivity contribution in [3.05, 3.63) is 70.3 Å². The van der Waals surface area contributed by atoms with Gasteiger partial charge in [0.1, 0.15) is 0 Å². The molecule has 0 spiro atoms. The van der Waals surface area contributed by atoms with Crippen molar-refractivity contribution in [1.29, 1.82) is 0 Å². The fourth-order valence-corrected chi connectivity index (χ4v) is 4.18. The fourth-order valence-electron chi connectivity index (χ4n) is 4.18. The Bertz CT molecular complexity index is 931. The molecule has 5 heteroatoms. The van der Waals surface area contributed by atoms with Crippen LogP contribution in [0, 0.1) is 20.8 Å². The molecule has 2 aromatic carbocycles. The molecule has 2 aromatic rings. The number of hydrogen-bond acceptors (Lipinski definition) is 4. The van der Waals surface area contributed by atoms with Gasteiger partial charge in [0, 0.05) is 25.1 Å². The molecule has 1 fully saturated rings. The fraction of sp³-hybridized carbons (Fsp3) is 0.417. The molecule has 0 saturated carbocycles. The highest BCUT2D eigenvalue weighted by atomic mass is 16.5. The van der Waals surface area contributed by atoms with Gasteiger partial charge in [-0.05, 0) is 43.5 Å². The summed E-state index contributed by atoms with van der Waals surface area (Å²) in [5, 5.41) is 6.60. The molecule has 5 nitrogen and oxygen atoms in total. The van der Waals surface area contributed by atoms with Crippen LogP contribution in [0.2, 0.25) is 0 Å². The van der Waals surface area contributed by atoms with Crippen molar-refractivity contribution in [3.8, 4) is 0 Å². The largest absolute Gasteiger partial charge is 0.379 e. The predicted octanol–water partition coefficient (Wildman–Crippen LogP) is 3.62. The number of morpholine rings is 1. The summed E-state index contributed by atoms with van der Waals surface area (Å²) in [5.41, 5.74) is 6.91. The number of amides is 1. The van der Waals surface area contributed by atoms with Crippen molar-refractivity contribution in [1.82, 2.24) is 9.91 Å². The Morgan fingerprint density at radius 3 is 2.59 bits per heavy atom. The Morgan fingerprint density at radius 2 is 1.83 bits per heavy atom. The minimum Gasteiger partial charge on any atom is -0.379 e. The second kappa shape index (κ2) is 8.47. The first-order valence-electron chi connectivity index (χ1n) is 10.4. The van der Waals surface area contributed by atoms with Gasteiger partial charge < -0.3 is 4.74 Å². The van der Waals surface area contributed by atoms with Gasteiger partial charge in [-0.2, -0.15) is 5.10 Å². The van der Waals surface area contributed by atoms with Crippen LogP contribution in [0.3, 0.4) is 0 Å². The van der Waals surface area contributed by atoms with Crippen LogP contribution >= 0.6 is 0 Å². The van der Waals surface area contributed by atoms with Crippen molar-refractivity contribution in [3.63, 3.8) is 0 Å². The number of hydrogen-bond donors (Lipinski definition) is 0. The lowest BCUT2D eigenvalue weighted by Gasteiger charge is -2.29. The van der Waals surface area contributed by atoms with Crippen molar-refractivity contribution in [2.24, 2.45) is 5.10 Å². The average Bonchev–Trinajstić information content (AvgIpc) is 3.16. The lowest BCUT2D eigenvalue weighted by Crippen LogP contribution is -2.43. The van der Waals surface area contributed by atoms with Gasteiger partial charge in [0.2, 0.25) is 0 Å². The molecule has 1 atom stereocenters. The van der Waals surface area contributed by atoms with Gasteiger partial charge in [-0.15, -0.1) is 0 Å².